The summed E-state index contributed by atoms with van der Waals surface area (Å²) in [4.78, 5) is 35.6. The van der Waals surface area contributed by atoms with Gasteiger partial charge in [-0.1, -0.05) is 20.1 Å². The minimum Gasteiger partial charge on any atom is -1.00 e. The molecule has 0 rings (SSSR count). The average molecular weight is 416 g/mol. The first-order valence-electron chi connectivity index (χ1n) is 7.62. The van der Waals surface area contributed by atoms with Gasteiger partial charge < -0.3 is 15.6 Å². The van der Waals surface area contributed by atoms with Crippen LogP contribution in [0.4, 0.5) is 0 Å². The number of ether oxygens (including phenoxy) is 3. The topological polar surface area (TPSA) is 133 Å². The molecule has 0 unspecified atom stereocenters. The van der Waals surface area contributed by atoms with Crippen LogP contribution in [0.25, 0.3) is 0 Å². The molecule has 0 aromatic rings. The van der Waals surface area contributed by atoms with Gasteiger partial charge in [0, 0.05) is 11.1 Å². The molecule has 0 aromatic heterocycles. The number of hydrogen-bond donors (Lipinski definition) is 1. The van der Waals surface area contributed by atoms with E-state index in [2.05, 4.69) is 13.2 Å². The fraction of sp³-hybridized carbons (Fsp3) is 0.562. The maximum atomic E-state index is 12.4. The number of carbonyl (C=O) groups excluding carboxylic acids is 3. The summed E-state index contributed by atoms with van der Waals surface area (Å²) in [5, 5.41) is 0. The monoisotopic (exact) mass is 416 g/mol. The van der Waals surface area contributed by atoms with Crippen molar-refractivity contribution in [2.24, 2.45) is 5.41 Å². The predicted molar refractivity (Wildman–Crippen MR) is 92.8 cm³/mol. The molecule has 0 amide bonds. The first kappa shape index (κ1) is 28.0. The van der Waals surface area contributed by atoms with E-state index in [9.17, 15) is 22.8 Å². The Morgan fingerprint density at radius 2 is 1.41 bits per heavy atom. The summed E-state index contributed by atoms with van der Waals surface area (Å²) in [5.74, 6) is -3.23. The average Bonchev–Trinajstić information content (AvgIpc) is 2.53. The zero-order valence-corrected chi connectivity index (χ0v) is 18.9. The van der Waals surface area contributed by atoms with Crippen LogP contribution in [-0.4, -0.2) is 56.5 Å². The third-order valence-electron chi connectivity index (χ3n) is 3.34. The minimum atomic E-state index is -4.32. The quantitative estimate of drug-likeness (QED) is 0.136. The molecule has 150 valence electrons. The smallest absolute Gasteiger partial charge is 1.00 e. The third kappa shape index (κ3) is 10.6. The van der Waals surface area contributed by atoms with Crippen LogP contribution in [0.3, 0.4) is 0 Å². The Hall–Kier alpha value is -1.20. The molecule has 0 bridgehead atoms. The van der Waals surface area contributed by atoms with Crippen LogP contribution in [0.1, 0.15) is 28.6 Å². The SMILES string of the molecule is C=C(C)C(=O)OCC(CC)(COC(=O)C(=C)C)C(=O)OCCS(=O)(=O)O.[H-].[Na+]. The summed E-state index contributed by atoms with van der Waals surface area (Å²) in [7, 11) is -4.32. The van der Waals surface area contributed by atoms with E-state index in [0.717, 1.165) is 0 Å². The van der Waals surface area contributed by atoms with E-state index in [4.69, 9.17) is 18.8 Å². The molecule has 27 heavy (non-hydrogen) atoms. The maximum absolute atomic E-state index is 12.4. The van der Waals surface area contributed by atoms with Gasteiger partial charge in [0.05, 0.1) is 0 Å². The van der Waals surface area contributed by atoms with Gasteiger partial charge >= 0.3 is 47.5 Å². The summed E-state index contributed by atoms with van der Waals surface area (Å²) in [6, 6.07) is 0. The molecule has 0 aliphatic heterocycles. The van der Waals surface area contributed by atoms with Crippen molar-refractivity contribution in [2.75, 3.05) is 25.6 Å². The molecule has 0 aliphatic carbocycles. The third-order valence-corrected chi connectivity index (χ3v) is 4.02. The molecular formula is C16H25NaO9S. The number of carbonyl (C=O) groups is 3. The molecule has 0 aromatic carbocycles. The zero-order chi connectivity index (χ0) is 20.5. The van der Waals surface area contributed by atoms with Gasteiger partial charge in [-0.15, -0.1) is 0 Å². The van der Waals surface area contributed by atoms with Crippen LogP contribution in [0.15, 0.2) is 24.3 Å². The van der Waals surface area contributed by atoms with E-state index in [1.54, 1.807) is 6.92 Å². The molecule has 0 radical (unpaired) electrons. The van der Waals surface area contributed by atoms with E-state index in [-0.39, 0.29) is 48.6 Å². The van der Waals surface area contributed by atoms with Gasteiger partial charge in [-0.05, 0) is 20.3 Å². The van der Waals surface area contributed by atoms with Crippen molar-refractivity contribution in [3.63, 3.8) is 0 Å². The van der Waals surface area contributed by atoms with E-state index < -0.39 is 59.0 Å². The zero-order valence-electron chi connectivity index (χ0n) is 17.1. The predicted octanol–water partition coefficient (Wildman–Crippen LogP) is -1.83. The van der Waals surface area contributed by atoms with Crippen molar-refractivity contribution >= 4 is 28.0 Å². The van der Waals surface area contributed by atoms with Gasteiger partial charge in [-0.2, -0.15) is 8.42 Å². The van der Waals surface area contributed by atoms with Gasteiger partial charge in [-0.3, -0.25) is 9.35 Å². The van der Waals surface area contributed by atoms with E-state index >= 15 is 0 Å². The number of esters is 3. The number of rotatable bonds is 11. The van der Waals surface area contributed by atoms with Crippen molar-refractivity contribution in [2.45, 2.75) is 27.2 Å². The van der Waals surface area contributed by atoms with Crippen molar-refractivity contribution in [3.8, 4) is 0 Å². The van der Waals surface area contributed by atoms with E-state index in [1.807, 2.05) is 0 Å². The van der Waals surface area contributed by atoms with Gasteiger partial charge in [0.1, 0.15) is 31.0 Å². The largest absolute Gasteiger partial charge is 1.00 e. The standard InChI is InChI=1S/C16H24O9S.Na.H/c1-6-16(9-24-13(17)11(2)3,10-25-14(18)12(4)5)15(19)23-7-8-26(20,21)22;;/h2,4,6-10H2,1,3,5H3,(H,20,21,22);;/q;+1;-1. The Labute approximate surface area is 182 Å². The van der Waals surface area contributed by atoms with Crippen LogP contribution in [0.2, 0.25) is 0 Å². The minimum absolute atomic E-state index is 0. The molecule has 1 N–H and O–H groups in total. The Morgan fingerprint density at radius 1 is 1.00 bits per heavy atom. The fourth-order valence-electron chi connectivity index (χ4n) is 1.55. The molecule has 0 saturated heterocycles. The molecular weight excluding hydrogens is 391 g/mol. The Kier molecular flexibility index (Phi) is 12.8. The van der Waals surface area contributed by atoms with Crippen molar-refractivity contribution in [1.82, 2.24) is 0 Å². The number of hydrogen-bond acceptors (Lipinski definition) is 8. The van der Waals surface area contributed by atoms with Gasteiger partial charge in [-0.25, -0.2) is 9.59 Å². The van der Waals surface area contributed by atoms with Crippen molar-refractivity contribution in [1.29, 1.82) is 0 Å². The molecule has 9 nitrogen and oxygen atoms in total. The van der Waals surface area contributed by atoms with Crippen molar-refractivity contribution < 1.29 is 72.5 Å². The Balaban J connectivity index is -0.00000312. The van der Waals surface area contributed by atoms with Crippen LogP contribution >= 0.6 is 0 Å². The molecule has 11 heteroatoms. The second kappa shape index (κ2) is 12.3. The first-order valence-corrected chi connectivity index (χ1v) is 9.23. The summed E-state index contributed by atoms with van der Waals surface area (Å²) in [6.45, 7) is 9.70. The summed E-state index contributed by atoms with van der Waals surface area (Å²) < 4.78 is 45.0. The van der Waals surface area contributed by atoms with Crippen LogP contribution in [-0.2, 0) is 38.7 Å². The molecule has 0 saturated carbocycles. The van der Waals surface area contributed by atoms with Crippen LogP contribution < -0.4 is 29.6 Å². The van der Waals surface area contributed by atoms with Crippen LogP contribution in [0, 0.1) is 5.41 Å². The van der Waals surface area contributed by atoms with E-state index in [1.165, 1.54) is 13.8 Å². The molecule has 0 heterocycles. The van der Waals surface area contributed by atoms with Gasteiger partial charge in [0.15, 0.2) is 0 Å². The Bertz CT molecular complexity index is 658. The fourth-order valence-corrected chi connectivity index (χ4v) is 1.85. The summed E-state index contributed by atoms with van der Waals surface area (Å²) in [6.07, 6.45) is 0.0602. The molecule has 0 atom stereocenters. The maximum Gasteiger partial charge on any atom is 1.00 e. The van der Waals surface area contributed by atoms with Gasteiger partial charge in [0.2, 0.25) is 0 Å². The second-order valence-corrected chi connectivity index (χ2v) is 7.34. The van der Waals surface area contributed by atoms with Crippen molar-refractivity contribution in [3.05, 3.63) is 24.3 Å². The molecule has 0 spiro atoms. The second-order valence-electron chi connectivity index (χ2n) is 5.77. The normalized spacial score (nSPS) is 11.0. The summed E-state index contributed by atoms with van der Waals surface area (Å²) >= 11 is 0. The van der Waals surface area contributed by atoms with E-state index in [0.29, 0.717) is 0 Å². The van der Waals surface area contributed by atoms with Gasteiger partial charge in [0.25, 0.3) is 10.1 Å². The Morgan fingerprint density at radius 3 is 1.70 bits per heavy atom. The molecule has 0 aliphatic rings. The summed E-state index contributed by atoms with van der Waals surface area (Å²) in [5.41, 5.74) is -1.34. The van der Waals surface area contributed by atoms with Crippen LogP contribution in [0.5, 0.6) is 0 Å². The molecule has 0 fully saturated rings. The first-order chi connectivity index (χ1) is 11.8.